The van der Waals surface area contributed by atoms with Gasteiger partial charge in [0.15, 0.2) is 0 Å². The van der Waals surface area contributed by atoms with Crippen LogP contribution in [0, 0.1) is 41.7 Å². The molecule has 3 aromatic rings. The van der Waals surface area contributed by atoms with Crippen molar-refractivity contribution in [3.05, 3.63) is 96.6 Å². The number of rotatable bonds is 7. The van der Waals surface area contributed by atoms with Crippen LogP contribution in [0.25, 0.3) is 0 Å². The smallest absolute Gasteiger partial charge is 0.313 e. The van der Waals surface area contributed by atoms with E-state index < -0.39 is 26.2 Å². The quantitative estimate of drug-likeness (QED) is 0.380. The second-order valence-electron chi connectivity index (χ2n) is 5.86. The maximum atomic E-state index is 11.4. The van der Waals surface area contributed by atoms with Crippen molar-refractivity contribution in [1.29, 1.82) is 5.26 Å². The Hall–Kier alpha value is -5.05. The zero-order chi connectivity index (χ0) is 22.5. The molecule has 0 spiro atoms. The first-order valence-corrected chi connectivity index (χ1v) is 8.36. The molecule has 0 saturated heterocycles. The van der Waals surface area contributed by atoms with E-state index in [1.807, 2.05) is 0 Å². The third-order valence-electron chi connectivity index (χ3n) is 3.95. The molecule has 0 aliphatic rings. The number of nitro benzene ring substituents is 3. The van der Waals surface area contributed by atoms with Crippen molar-refractivity contribution >= 4 is 17.1 Å². The lowest BCUT2D eigenvalue weighted by atomic mass is 10.1. The molecule has 0 fully saturated rings. The van der Waals surface area contributed by atoms with Crippen LogP contribution in [-0.2, 0) is 0 Å². The molecule has 3 rings (SSSR count). The summed E-state index contributed by atoms with van der Waals surface area (Å²) < 4.78 is 11.1. The average molecular weight is 422 g/mol. The van der Waals surface area contributed by atoms with Crippen LogP contribution in [0.1, 0.15) is 5.56 Å². The van der Waals surface area contributed by atoms with Crippen molar-refractivity contribution < 1.29 is 24.2 Å². The molecule has 0 aromatic heterocycles. The first-order valence-electron chi connectivity index (χ1n) is 8.36. The lowest BCUT2D eigenvalue weighted by Crippen LogP contribution is -1.99. The highest BCUT2D eigenvalue weighted by atomic mass is 16.6. The molecule has 0 atom stereocenters. The predicted octanol–water partition coefficient (Wildman–Crippen LogP) is 4.87. The largest absolute Gasteiger partial charge is 0.456 e. The van der Waals surface area contributed by atoms with E-state index in [9.17, 15) is 35.6 Å². The van der Waals surface area contributed by atoms with Gasteiger partial charge in [-0.2, -0.15) is 5.26 Å². The highest BCUT2D eigenvalue weighted by Crippen LogP contribution is 2.41. The van der Waals surface area contributed by atoms with Gasteiger partial charge in [-0.3, -0.25) is 30.3 Å². The van der Waals surface area contributed by atoms with Crippen LogP contribution in [0.2, 0.25) is 0 Å². The van der Waals surface area contributed by atoms with E-state index in [4.69, 9.17) is 9.47 Å². The number of ether oxygens (including phenoxy) is 2. The van der Waals surface area contributed by atoms with Gasteiger partial charge in [0.25, 0.3) is 11.4 Å². The normalized spacial score (nSPS) is 10.0. The van der Waals surface area contributed by atoms with Crippen LogP contribution in [0.15, 0.2) is 60.7 Å². The van der Waals surface area contributed by atoms with Gasteiger partial charge < -0.3 is 9.47 Å². The molecule has 0 bridgehead atoms. The molecule has 0 N–H and O–H groups in total. The summed E-state index contributed by atoms with van der Waals surface area (Å²) in [6, 6.07) is 13.8. The Morgan fingerprint density at radius 1 is 0.677 bits per heavy atom. The molecular formula is C19H10N4O8. The van der Waals surface area contributed by atoms with E-state index in [2.05, 4.69) is 0 Å². The van der Waals surface area contributed by atoms with E-state index in [1.54, 1.807) is 6.07 Å². The number of benzene rings is 3. The fourth-order valence-corrected chi connectivity index (χ4v) is 2.51. The van der Waals surface area contributed by atoms with Crippen LogP contribution < -0.4 is 9.47 Å². The Morgan fingerprint density at radius 3 is 1.58 bits per heavy atom. The molecule has 0 unspecified atom stereocenters. The number of nitrogens with zero attached hydrogens (tertiary/aromatic N) is 4. The Labute approximate surface area is 172 Å². The molecule has 3 aromatic carbocycles. The van der Waals surface area contributed by atoms with E-state index in [0.29, 0.717) is 0 Å². The minimum Gasteiger partial charge on any atom is -0.456 e. The summed E-state index contributed by atoms with van der Waals surface area (Å²) in [5.74, 6) is -0.324. The standard InChI is InChI=1S/C19H10N4O8/c20-11-16-18(30-14-5-1-12(2-6-14)21(24)25)10-9-17(23(28)29)19(16)31-15-7-3-13(4-8-15)22(26)27/h1-10H. The van der Waals surface area contributed by atoms with E-state index in [1.165, 1.54) is 42.5 Å². The Bertz CT molecular complexity index is 1220. The Balaban J connectivity index is 2.00. The van der Waals surface area contributed by atoms with Crippen molar-refractivity contribution in [2.45, 2.75) is 0 Å². The molecule has 12 nitrogen and oxygen atoms in total. The van der Waals surface area contributed by atoms with E-state index in [-0.39, 0.29) is 34.2 Å². The number of hydrogen-bond acceptors (Lipinski definition) is 9. The Kier molecular flexibility index (Phi) is 5.69. The molecular weight excluding hydrogens is 412 g/mol. The van der Waals surface area contributed by atoms with Crippen molar-refractivity contribution in [2.24, 2.45) is 0 Å². The van der Waals surface area contributed by atoms with Crippen molar-refractivity contribution in [2.75, 3.05) is 0 Å². The topological polar surface area (TPSA) is 172 Å². The van der Waals surface area contributed by atoms with Gasteiger partial charge in [-0.25, -0.2) is 0 Å². The van der Waals surface area contributed by atoms with Gasteiger partial charge in [0, 0.05) is 30.3 Å². The minimum atomic E-state index is -0.753. The molecule has 0 saturated carbocycles. The van der Waals surface area contributed by atoms with Crippen LogP contribution >= 0.6 is 0 Å². The number of non-ortho nitro benzene ring substituents is 2. The van der Waals surface area contributed by atoms with E-state index in [0.717, 1.165) is 18.2 Å². The zero-order valence-electron chi connectivity index (χ0n) is 15.3. The second kappa shape index (κ2) is 8.53. The van der Waals surface area contributed by atoms with Crippen LogP contribution in [-0.4, -0.2) is 14.8 Å². The summed E-state index contributed by atoms with van der Waals surface area (Å²) in [4.78, 5) is 31.0. The highest BCUT2D eigenvalue weighted by Gasteiger charge is 2.25. The molecule has 31 heavy (non-hydrogen) atoms. The number of nitriles is 1. The summed E-state index contributed by atoms with van der Waals surface area (Å²) in [6.07, 6.45) is 0. The minimum absolute atomic E-state index is 0.0256. The van der Waals surface area contributed by atoms with E-state index >= 15 is 0 Å². The molecule has 0 aliphatic carbocycles. The van der Waals surface area contributed by atoms with Gasteiger partial charge in [0.1, 0.15) is 28.9 Å². The summed E-state index contributed by atoms with van der Waals surface area (Å²) in [7, 11) is 0. The van der Waals surface area contributed by atoms with Crippen molar-refractivity contribution in [3.63, 3.8) is 0 Å². The van der Waals surface area contributed by atoms with Gasteiger partial charge in [-0.05, 0) is 30.3 Å². The number of hydrogen-bond donors (Lipinski definition) is 0. The Morgan fingerprint density at radius 2 is 1.16 bits per heavy atom. The fourth-order valence-electron chi connectivity index (χ4n) is 2.51. The van der Waals surface area contributed by atoms with Crippen molar-refractivity contribution in [3.8, 4) is 29.1 Å². The average Bonchev–Trinajstić information content (AvgIpc) is 2.74. The number of nitro groups is 3. The first-order chi connectivity index (χ1) is 14.8. The van der Waals surface area contributed by atoms with Crippen molar-refractivity contribution in [1.82, 2.24) is 0 Å². The summed E-state index contributed by atoms with van der Waals surface area (Å²) >= 11 is 0. The molecule has 0 heterocycles. The van der Waals surface area contributed by atoms with Gasteiger partial charge in [-0.1, -0.05) is 0 Å². The lowest BCUT2D eigenvalue weighted by molar-refractivity contribution is -0.385. The van der Waals surface area contributed by atoms with Gasteiger partial charge in [0.05, 0.1) is 14.8 Å². The fraction of sp³-hybridized carbons (Fsp3) is 0. The molecule has 0 radical (unpaired) electrons. The highest BCUT2D eigenvalue weighted by molar-refractivity contribution is 5.64. The summed E-state index contributed by atoms with van der Waals surface area (Å²) in [5, 5.41) is 42.5. The van der Waals surface area contributed by atoms with Crippen LogP contribution in [0.3, 0.4) is 0 Å². The molecule has 12 heteroatoms. The van der Waals surface area contributed by atoms with Gasteiger partial charge >= 0.3 is 5.69 Å². The van der Waals surface area contributed by atoms with Crippen LogP contribution in [0.5, 0.6) is 23.0 Å². The maximum absolute atomic E-state index is 11.4. The monoisotopic (exact) mass is 422 g/mol. The van der Waals surface area contributed by atoms with Crippen LogP contribution in [0.4, 0.5) is 17.1 Å². The molecule has 0 aliphatic heterocycles. The third-order valence-corrected chi connectivity index (χ3v) is 3.95. The summed E-state index contributed by atoms with van der Waals surface area (Å²) in [5.41, 5.74) is -1.20. The molecule has 154 valence electrons. The summed E-state index contributed by atoms with van der Waals surface area (Å²) in [6.45, 7) is 0. The first kappa shape index (κ1) is 20.7. The van der Waals surface area contributed by atoms with Gasteiger partial charge in [0.2, 0.25) is 5.75 Å². The second-order valence-corrected chi connectivity index (χ2v) is 5.86. The lowest BCUT2D eigenvalue weighted by Gasteiger charge is -2.12. The molecule has 0 amide bonds. The third kappa shape index (κ3) is 4.51. The zero-order valence-corrected chi connectivity index (χ0v) is 15.3. The maximum Gasteiger partial charge on any atom is 0.313 e. The SMILES string of the molecule is N#Cc1c(Oc2ccc([N+](=O)[O-])cc2)ccc([N+](=O)[O-])c1Oc1ccc([N+](=O)[O-])cc1. The van der Waals surface area contributed by atoms with Gasteiger partial charge in [-0.15, -0.1) is 0 Å². The predicted molar refractivity (Wildman–Crippen MR) is 104 cm³/mol.